The first-order valence-electron chi connectivity index (χ1n) is 20.3. The molecule has 288 valence electrons. The minimum absolute atomic E-state index is 1.28. The van der Waals surface area contributed by atoms with Gasteiger partial charge in [-0.25, -0.2) is 0 Å². The molecule has 0 atom stereocenters. The van der Waals surface area contributed by atoms with Gasteiger partial charge in [0.05, 0.1) is 0 Å². The monoisotopic (exact) mass is 752 g/mol. The summed E-state index contributed by atoms with van der Waals surface area (Å²) in [5.41, 5.74) is 18.5. The van der Waals surface area contributed by atoms with Crippen LogP contribution in [0.2, 0.25) is 0 Å². The van der Waals surface area contributed by atoms with Crippen molar-refractivity contribution in [1.29, 1.82) is 0 Å². The standard InChI is InChI=1S/C20H18.C14H14.2C12H12/c1-15-13-14-16(2)20(18-11-7-4-8-12-18)19(15)17-9-5-3-6-10-17;1-11-3-7-13(8-4-11)14-9-5-12(2)6-10-14;1-9-3-5-12-8-10(2)4-6-11(12)7-9;1-9-7-8-10(2)12-6-4-3-5-11(9)12/h3-14H,1-2H3;3-10H,1-2H3;2*3-8H,1-2H3. The molecule has 9 aromatic rings. The van der Waals surface area contributed by atoms with Crippen molar-refractivity contribution >= 4 is 21.5 Å². The number of fused-ring (bicyclic) bond motifs is 2. The topological polar surface area (TPSA) is 0 Å². The van der Waals surface area contributed by atoms with E-state index in [1.165, 1.54) is 99.4 Å². The second-order valence-corrected chi connectivity index (χ2v) is 15.5. The molecule has 9 aromatic carbocycles. The maximum atomic E-state index is 2.22. The Hall–Kier alpha value is -6.50. The summed E-state index contributed by atoms with van der Waals surface area (Å²) in [6, 6.07) is 69.0. The number of rotatable bonds is 3. The van der Waals surface area contributed by atoms with E-state index in [0.717, 1.165) is 0 Å². The SMILES string of the molecule is Cc1ccc(-c2ccc(C)cc2)cc1.Cc1ccc(C)c(-c2ccccc2)c1-c1ccccc1.Cc1ccc(C)c2ccccc12.Cc1ccc2cc(C)ccc2c1. The van der Waals surface area contributed by atoms with E-state index in [1.54, 1.807) is 0 Å². The lowest BCUT2D eigenvalue weighted by molar-refractivity contribution is 1.39. The van der Waals surface area contributed by atoms with E-state index in [-0.39, 0.29) is 0 Å². The van der Waals surface area contributed by atoms with Crippen molar-refractivity contribution in [2.45, 2.75) is 55.4 Å². The van der Waals surface area contributed by atoms with Gasteiger partial charge < -0.3 is 0 Å². The number of hydrogen-bond donors (Lipinski definition) is 0. The molecule has 0 aromatic heterocycles. The second-order valence-electron chi connectivity index (χ2n) is 15.5. The van der Waals surface area contributed by atoms with Gasteiger partial charge in [-0.15, -0.1) is 0 Å². The van der Waals surface area contributed by atoms with Crippen LogP contribution in [-0.2, 0) is 0 Å². The van der Waals surface area contributed by atoms with Crippen LogP contribution < -0.4 is 0 Å². The molecule has 0 spiro atoms. The van der Waals surface area contributed by atoms with E-state index in [4.69, 9.17) is 0 Å². The average Bonchev–Trinajstić information content (AvgIpc) is 3.25. The summed E-state index contributed by atoms with van der Waals surface area (Å²) in [7, 11) is 0. The zero-order chi connectivity index (χ0) is 41.0. The Morgan fingerprint density at radius 3 is 0.897 bits per heavy atom. The molecule has 0 fully saturated rings. The third-order valence-electron chi connectivity index (χ3n) is 10.7. The predicted molar refractivity (Wildman–Crippen MR) is 255 cm³/mol. The van der Waals surface area contributed by atoms with Gasteiger partial charge in [0.1, 0.15) is 0 Å². The first-order valence-corrected chi connectivity index (χ1v) is 20.3. The molecule has 0 aliphatic carbocycles. The highest BCUT2D eigenvalue weighted by Crippen LogP contribution is 2.37. The molecule has 0 aliphatic rings. The van der Waals surface area contributed by atoms with E-state index >= 15 is 0 Å². The smallest absolute Gasteiger partial charge is 0.00735 e. The molecular weight excluding hydrogens is 697 g/mol. The largest absolute Gasteiger partial charge is 0.0622 e. The van der Waals surface area contributed by atoms with Crippen LogP contribution in [0.1, 0.15) is 44.5 Å². The Kier molecular flexibility index (Phi) is 13.9. The molecule has 0 bridgehead atoms. The van der Waals surface area contributed by atoms with Gasteiger partial charge in [-0.3, -0.25) is 0 Å². The maximum absolute atomic E-state index is 2.22. The van der Waals surface area contributed by atoms with Gasteiger partial charge in [0.2, 0.25) is 0 Å². The highest BCUT2D eigenvalue weighted by Gasteiger charge is 2.12. The number of benzene rings is 9. The zero-order valence-corrected chi connectivity index (χ0v) is 35.5. The van der Waals surface area contributed by atoms with Crippen LogP contribution in [0.25, 0.3) is 54.9 Å². The Morgan fingerprint density at radius 1 is 0.224 bits per heavy atom. The van der Waals surface area contributed by atoms with Crippen molar-refractivity contribution in [3.63, 3.8) is 0 Å². The lowest BCUT2D eigenvalue weighted by atomic mass is 9.88. The van der Waals surface area contributed by atoms with Crippen molar-refractivity contribution in [3.05, 3.63) is 239 Å². The zero-order valence-electron chi connectivity index (χ0n) is 35.5. The Labute approximate surface area is 347 Å². The average molecular weight is 753 g/mol. The Morgan fingerprint density at radius 2 is 0.534 bits per heavy atom. The van der Waals surface area contributed by atoms with Gasteiger partial charge in [-0.05, 0) is 133 Å². The molecule has 0 saturated carbocycles. The molecule has 0 radical (unpaired) electrons. The van der Waals surface area contributed by atoms with Crippen LogP contribution in [0.15, 0.2) is 194 Å². The van der Waals surface area contributed by atoms with Gasteiger partial charge in [0.25, 0.3) is 0 Å². The van der Waals surface area contributed by atoms with Gasteiger partial charge in [0, 0.05) is 0 Å². The molecule has 0 N–H and O–H groups in total. The maximum Gasteiger partial charge on any atom is -0.00735 e. The second kappa shape index (κ2) is 19.6. The quantitative estimate of drug-likeness (QED) is 0.169. The van der Waals surface area contributed by atoms with Gasteiger partial charge in [-0.2, -0.15) is 0 Å². The van der Waals surface area contributed by atoms with Crippen LogP contribution in [0, 0.1) is 55.4 Å². The lowest BCUT2D eigenvalue weighted by Crippen LogP contribution is -1.92. The first kappa shape index (κ1) is 41.1. The lowest BCUT2D eigenvalue weighted by Gasteiger charge is -2.16. The molecule has 58 heavy (non-hydrogen) atoms. The molecular formula is C58H56. The van der Waals surface area contributed by atoms with Crippen molar-refractivity contribution in [2.75, 3.05) is 0 Å². The Bertz CT molecular complexity index is 2510. The summed E-state index contributed by atoms with van der Waals surface area (Å²) in [5.74, 6) is 0. The summed E-state index contributed by atoms with van der Waals surface area (Å²) in [4.78, 5) is 0. The van der Waals surface area contributed by atoms with Crippen molar-refractivity contribution < 1.29 is 0 Å². The summed E-state index contributed by atoms with van der Waals surface area (Å²) in [6.07, 6.45) is 0. The summed E-state index contributed by atoms with van der Waals surface area (Å²) in [6.45, 7) is 17.2. The third kappa shape index (κ3) is 10.7. The molecule has 0 heterocycles. The van der Waals surface area contributed by atoms with Crippen LogP contribution in [-0.4, -0.2) is 0 Å². The Balaban J connectivity index is 0.000000134. The summed E-state index contributed by atoms with van der Waals surface area (Å²) in [5, 5.41) is 5.41. The fraction of sp³-hybridized carbons (Fsp3) is 0.138. The van der Waals surface area contributed by atoms with E-state index in [2.05, 4.69) is 250 Å². The van der Waals surface area contributed by atoms with Crippen LogP contribution in [0.5, 0.6) is 0 Å². The summed E-state index contributed by atoms with van der Waals surface area (Å²) >= 11 is 0. The molecule has 9 rings (SSSR count). The minimum atomic E-state index is 1.28. The molecule has 0 nitrogen and oxygen atoms in total. The highest BCUT2D eigenvalue weighted by atomic mass is 14.2. The molecule has 0 saturated heterocycles. The fourth-order valence-electron chi connectivity index (χ4n) is 7.34. The van der Waals surface area contributed by atoms with Crippen LogP contribution in [0.4, 0.5) is 0 Å². The van der Waals surface area contributed by atoms with E-state index < -0.39 is 0 Å². The molecule has 0 amide bonds. The minimum Gasteiger partial charge on any atom is -0.0622 e. The molecule has 0 unspecified atom stereocenters. The van der Waals surface area contributed by atoms with E-state index in [0.29, 0.717) is 0 Å². The highest BCUT2D eigenvalue weighted by molar-refractivity contribution is 5.89. The van der Waals surface area contributed by atoms with Crippen molar-refractivity contribution in [1.82, 2.24) is 0 Å². The van der Waals surface area contributed by atoms with E-state index in [1.807, 2.05) is 0 Å². The molecule has 0 aliphatic heterocycles. The van der Waals surface area contributed by atoms with Crippen molar-refractivity contribution in [2.24, 2.45) is 0 Å². The van der Waals surface area contributed by atoms with Crippen molar-refractivity contribution in [3.8, 4) is 33.4 Å². The third-order valence-corrected chi connectivity index (χ3v) is 10.7. The van der Waals surface area contributed by atoms with Crippen LogP contribution >= 0.6 is 0 Å². The van der Waals surface area contributed by atoms with Gasteiger partial charge in [0.15, 0.2) is 0 Å². The van der Waals surface area contributed by atoms with Gasteiger partial charge in [-0.1, -0.05) is 216 Å². The summed E-state index contributed by atoms with van der Waals surface area (Å²) < 4.78 is 0. The molecule has 0 heteroatoms. The number of aryl methyl sites for hydroxylation is 8. The van der Waals surface area contributed by atoms with Gasteiger partial charge >= 0.3 is 0 Å². The fourth-order valence-corrected chi connectivity index (χ4v) is 7.34. The normalized spacial score (nSPS) is 10.4. The number of hydrogen-bond acceptors (Lipinski definition) is 0. The van der Waals surface area contributed by atoms with Crippen LogP contribution in [0.3, 0.4) is 0 Å². The first-order chi connectivity index (χ1) is 28.1. The van der Waals surface area contributed by atoms with E-state index in [9.17, 15) is 0 Å². The predicted octanol–water partition coefficient (Wildman–Crippen LogP) is 16.5.